The Labute approximate surface area is 134 Å². The van der Waals surface area contributed by atoms with Gasteiger partial charge in [-0.05, 0) is 32.6 Å². The number of hydrogen-bond acceptors (Lipinski definition) is 5. The van der Waals surface area contributed by atoms with Gasteiger partial charge >= 0.3 is 0 Å². The maximum atomic E-state index is 12.8. The summed E-state index contributed by atoms with van der Waals surface area (Å²) in [4.78, 5) is 19.3. The SMILES string of the molecule is Cc1noc(C)c1[C@H]1CCCN1C(=O)c1nc(C(C)C)cs1. The zero-order valence-corrected chi connectivity index (χ0v) is 14.2. The first-order chi connectivity index (χ1) is 10.5. The van der Waals surface area contributed by atoms with Gasteiger partial charge in [0.2, 0.25) is 0 Å². The first-order valence-corrected chi connectivity index (χ1v) is 8.56. The van der Waals surface area contributed by atoms with Gasteiger partial charge in [-0.3, -0.25) is 4.79 Å². The summed E-state index contributed by atoms with van der Waals surface area (Å²) < 4.78 is 5.28. The standard InChI is InChI=1S/C16H21N3O2S/c1-9(2)12-8-22-15(17-12)16(20)19-7-5-6-13(19)14-10(3)18-21-11(14)4/h8-9,13H,5-7H2,1-4H3/t13-/m1/s1. The third kappa shape index (κ3) is 2.56. The van der Waals surface area contributed by atoms with E-state index in [1.54, 1.807) is 0 Å². The Bertz CT molecular complexity index is 670. The maximum absolute atomic E-state index is 12.8. The molecule has 0 aromatic carbocycles. The molecule has 1 fully saturated rings. The van der Waals surface area contributed by atoms with Gasteiger partial charge in [-0.15, -0.1) is 11.3 Å². The van der Waals surface area contributed by atoms with Crippen molar-refractivity contribution in [2.24, 2.45) is 0 Å². The van der Waals surface area contributed by atoms with Gasteiger partial charge in [0, 0.05) is 17.5 Å². The van der Waals surface area contributed by atoms with Crippen LogP contribution in [0.2, 0.25) is 0 Å². The number of thiazole rings is 1. The Morgan fingerprint density at radius 1 is 1.45 bits per heavy atom. The number of carbonyl (C=O) groups is 1. The molecule has 0 saturated carbocycles. The average Bonchev–Trinajstić information content (AvgIpc) is 3.18. The molecule has 0 aliphatic carbocycles. The molecular formula is C16H21N3O2S. The molecule has 22 heavy (non-hydrogen) atoms. The molecule has 1 aliphatic heterocycles. The number of nitrogens with zero attached hydrogens (tertiary/aromatic N) is 3. The number of carbonyl (C=O) groups excluding carboxylic acids is 1. The summed E-state index contributed by atoms with van der Waals surface area (Å²) in [6.45, 7) is 8.80. The summed E-state index contributed by atoms with van der Waals surface area (Å²) in [5, 5.41) is 6.60. The predicted octanol–water partition coefficient (Wildman–Crippen LogP) is 3.85. The van der Waals surface area contributed by atoms with E-state index in [0.29, 0.717) is 10.9 Å². The van der Waals surface area contributed by atoms with E-state index in [1.807, 2.05) is 24.1 Å². The van der Waals surface area contributed by atoms with Gasteiger partial charge in [0.15, 0.2) is 5.01 Å². The van der Waals surface area contributed by atoms with Crippen LogP contribution in [0.25, 0.3) is 0 Å². The van der Waals surface area contributed by atoms with Crippen molar-refractivity contribution in [3.05, 3.63) is 33.1 Å². The lowest BCUT2D eigenvalue weighted by Gasteiger charge is -2.23. The normalized spacial score (nSPS) is 18.4. The third-order valence-electron chi connectivity index (χ3n) is 4.23. The molecule has 3 heterocycles. The number of hydrogen-bond donors (Lipinski definition) is 0. The molecule has 1 saturated heterocycles. The monoisotopic (exact) mass is 319 g/mol. The van der Waals surface area contributed by atoms with Crippen LogP contribution >= 0.6 is 11.3 Å². The van der Waals surface area contributed by atoms with Gasteiger partial charge in [0.1, 0.15) is 5.76 Å². The van der Waals surface area contributed by atoms with Crippen molar-refractivity contribution in [1.29, 1.82) is 0 Å². The van der Waals surface area contributed by atoms with Crippen LogP contribution in [0.1, 0.15) is 71.2 Å². The second-order valence-corrected chi connectivity index (χ2v) is 6.98. The molecule has 0 spiro atoms. The van der Waals surface area contributed by atoms with Gasteiger partial charge in [0.05, 0.1) is 17.4 Å². The molecule has 1 amide bonds. The summed E-state index contributed by atoms with van der Waals surface area (Å²) >= 11 is 1.44. The van der Waals surface area contributed by atoms with E-state index >= 15 is 0 Å². The minimum atomic E-state index is 0.0272. The van der Waals surface area contributed by atoms with Crippen molar-refractivity contribution >= 4 is 17.2 Å². The first kappa shape index (κ1) is 15.2. The molecule has 5 nitrogen and oxygen atoms in total. The molecule has 1 atom stereocenters. The Balaban J connectivity index is 1.88. The Morgan fingerprint density at radius 2 is 2.23 bits per heavy atom. The Hall–Kier alpha value is -1.69. The fraction of sp³-hybridized carbons (Fsp3) is 0.562. The van der Waals surface area contributed by atoms with Crippen molar-refractivity contribution in [1.82, 2.24) is 15.0 Å². The highest BCUT2D eigenvalue weighted by atomic mass is 32.1. The highest BCUT2D eigenvalue weighted by Crippen LogP contribution is 2.36. The van der Waals surface area contributed by atoms with E-state index in [2.05, 4.69) is 24.0 Å². The van der Waals surface area contributed by atoms with Crippen molar-refractivity contribution in [3.63, 3.8) is 0 Å². The largest absolute Gasteiger partial charge is 0.361 e. The van der Waals surface area contributed by atoms with Gasteiger partial charge in [-0.1, -0.05) is 19.0 Å². The van der Waals surface area contributed by atoms with Crippen LogP contribution in [0.5, 0.6) is 0 Å². The van der Waals surface area contributed by atoms with Crippen LogP contribution in [0, 0.1) is 13.8 Å². The van der Waals surface area contributed by atoms with E-state index in [0.717, 1.165) is 42.1 Å². The van der Waals surface area contributed by atoms with Gasteiger partial charge in [-0.2, -0.15) is 0 Å². The summed E-state index contributed by atoms with van der Waals surface area (Å²) in [7, 11) is 0. The Morgan fingerprint density at radius 3 is 2.82 bits per heavy atom. The fourth-order valence-corrected chi connectivity index (χ4v) is 3.98. The van der Waals surface area contributed by atoms with Crippen LogP contribution in [-0.4, -0.2) is 27.5 Å². The maximum Gasteiger partial charge on any atom is 0.283 e. The van der Waals surface area contributed by atoms with E-state index in [1.165, 1.54) is 11.3 Å². The van der Waals surface area contributed by atoms with E-state index < -0.39 is 0 Å². The van der Waals surface area contributed by atoms with Gasteiger partial charge in [0.25, 0.3) is 5.91 Å². The number of likely N-dealkylation sites (tertiary alicyclic amines) is 1. The van der Waals surface area contributed by atoms with Crippen molar-refractivity contribution in [3.8, 4) is 0 Å². The third-order valence-corrected chi connectivity index (χ3v) is 5.08. The molecule has 0 bridgehead atoms. The topological polar surface area (TPSA) is 59.2 Å². The summed E-state index contributed by atoms with van der Waals surface area (Å²) in [5.74, 6) is 1.18. The molecule has 2 aromatic heterocycles. The fourth-order valence-electron chi connectivity index (χ4n) is 3.05. The highest BCUT2D eigenvalue weighted by molar-refractivity contribution is 7.11. The molecule has 3 rings (SSSR count). The van der Waals surface area contributed by atoms with E-state index in [4.69, 9.17) is 4.52 Å². The zero-order chi connectivity index (χ0) is 15.9. The molecule has 6 heteroatoms. The van der Waals surface area contributed by atoms with Crippen molar-refractivity contribution in [2.75, 3.05) is 6.54 Å². The summed E-state index contributed by atoms with van der Waals surface area (Å²) in [5.41, 5.74) is 2.93. The zero-order valence-electron chi connectivity index (χ0n) is 13.4. The predicted molar refractivity (Wildman–Crippen MR) is 85.2 cm³/mol. The second kappa shape index (κ2) is 5.83. The quantitative estimate of drug-likeness (QED) is 0.862. The highest BCUT2D eigenvalue weighted by Gasteiger charge is 2.35. The lowest BCUT2D eigenvalue weighted by atomic mass is 10.0. The molecule has 0 radical (unpaired) electrons. The van der Waals surface area contributed by atoms with Gasteiger partial charge < -0.3 is 9.42 Å². The minimum Gasteiger partial charge on any atom is -0.361 e. The summed E-state index contributed by atoms with van der Waals surface area (Å²) in [6.07, 6.45) is 1.96. The number of rotatable bonds is 3. The average molecular weight is 319 g/mol. The number of amides is 1. The first-order valence-electron chi connectivity index (χ1n) is 7.68. The molecular weight excluding hydrogens is 298 g/mol. The van der Waals surface area contributed by atoms with Crippen LogP contribution in [0.3, 0.4) is 0 Å². The molecule has 0 N–H and O–H groups in total. The summed E-state index contributed by atoms with van der Waals surface area (Å²) in [6, 6.07) is 0.0603. The Kier molecular flexibility index (Phi) is 4.04. The van der Waals surface area contributed by atoms with Crippen LogP contribution in [0.15, 0.2) is 9.90 Å². The minimum absolute atomic E-state index is 0.0272. The molecule has 1 aliphatic rings. The van der Waals surface area contributed by atoms with Crippen molar-refractivity contribution < 1.29 is 9.32 Å². The van der Waals surface area contributed by atoms with Crippen LogP contribution < -0.4 is 0 Å². The molecule has 2 aromatic rings. The second-order valence-electron chi connectivity index (χ2n) is 6.13. The van der Waals surface area contributed by atoms with Crippen LogP contribution in [-0.2, 0) is 0 Å². The van der Waals surface area contributed by atoms with E-state index in [-0.39, 0.29) is 11.9 Å². The van der Waals surface area contributed by atoms with E-state index in [9.17, 15) is 4.79 Å². The van der Waals surface area contributed by atoms with Crippen molar-refractivity contribution in [2.45, 2.75) is 52.5 Å². The number of aromatic nitrogens is 2. The van der Waals surface area contributed by atoms with Gasteiger partial charge in [-0.25, -0.2) is 4.98 Å². The lowest BCUT2D eigenvalue weighted by Crippen LogP contribution is -2.31. The smallest absolute Gasteiger partial charge is 0.283 e. The molecule has 118 valence electrons. The molecule has 0 unspecified atom stereocenters. The lowest BCUT2D eigenvalue weighted by molar-refractivity contribution is 0.0734. The van der Waals surface area contributed by atoms with Crippen LogP contribution in [0.4, 0.5) is 0 Å². The number of aryl methyl sites for hydroxylation is 2.